The predicted molar refractivity (Wildman–Crippen MR) is 77.7 cm³/mol. The zero-order valence-corrected chi connectivity index (χ0v) is 12.7. The van der Waals surface area contributed by atoms with Crippen molar-refractivity contribution in [1.82, 2.24) is 10.6 Å². The van der Waals surface area contributed by atoms with Crippen LogP contribution in [-0.4, -0.2) is 23.1 Å². The molecule has 0 spiro atoms. The zero-order valence-electron chi connectivity index (χ0n) is 11.2. The van der Waals surface area contributed by atoms with Crippen LogP contribution in [0.2, 0.25) is 10.0 Å². The van der Waals surface area contributed by atoms with Gasteiger partial charge in [0.25, 0.3) is 0 Å². The van der Waals surface area contributed by atoms with Gasteiger partial charge < -0.3 is 15.7 Å². The van der Waals surface area contributed by atoms with Crippen molar-refractivity contribution in [3.05, 3.63) is 27.7 Å². The molecule has 3 N–H and O–H groups in total. The first-order valence-electron chi connectivity index (χ1n) is 5.87. The van der Waals surface area contributed by atoms with E-state index in [1.54, 1.807) is 6.07 Å². The lowest BCUT2D eigenvalue weighted by Gasteiger charge is -2.20. The highest BCUT2D eigenvalue weighted by Gasteiger charge is 2.13. The molecule has 1 aromatic carbocycles. The Morgan fingerprint density at radius 1 is 1.32 bits per heavy atom. The number of benzene rings is 1. The molecule has 0 heterocycles. The van der Waals surface area contributed by atoms with Gasteiger partial charge in [0.2, 0.25) is 5.91 Å². The smallest absolute Gasteiger partial charge is 0.234 e. The van der Waals surface area contributed by atoms with Crippen LogP contribution in [0.5, 0.6) is 5.75 Å². The van der Waals surface area contributed by atoms with Crippen molar-refractivity contribution in [2.75, 3.05) is 6.54 Å². The number of phenolic OH excluding ortho intramolecular Hbond substituents is 1. The van der Waals surface area contributed by atoms with Gasteiger partial charge in [-0.1, -0.05) is 23.2 Å². The molecule has 6 heteroatoms. The SMILES string of the molecule is CC(C)(C)NC(=O)CNCc1cc(Cl)cc(Cl)c1O. The van der Waals surface area contributed by atoms with Crippen LogP contribution in [0.3, 0.4) is 0 Å². The minimum atomic E-state index is -0.264. The molecule has 0 radical (unpaired) electrons. The lowest BCUT2D eigenvalue weighted by atomic mass is 10.1. The third-order valence-electron chi connectivity index (χ3n) is 2.22. The van der Waals surface area contributed by atoms with Gasteiger partial charge in [0.05, 0.1) is 11.6 Å². The first-order valence-corrected chi connectivity index (χ1v) is 6.63. The molecule has 0 bridgehead atoms. The molecular weight excluding hydrogens is 287 g/mol. The lowest BCUT2D eigenvalue weighted by molar-refractivity contribution is -0.121. The van der Waals surface area contributed by atoms with Crippen LogP contribution in [-0.2, 0) is 11.3 Å². The summed E-state index contributed by atoms with van der Waals surface area (Å²) in [5.41, 5.74) is 0.293. The van der Waals surface area contributed by atoms with E-state index in [0.717, 1.165) is 0 Å². The Hall–Kier alpha value is -0.970. The molecule has 0 unspecified atom stereocenters. The highest BCUT2D eigenvalue weighted by Crippen LogP contribution is 2.30. The van der Waals surface area contributed by atoms with Gasteiger partial charge in [-0.3, -0.25) is 4.79 Å². The number of carbonyl (C=O) groups excluding carboxylic acids is 1. The number of aromatic hydroxyl groups is 1. The highest BCUT2D eigenvalue weighted by molar-refractivity contribution is 6.35. The number of nitrogens with one attached hydrogen (secondary N) is 2. The normalized spacial score (nSPS) is 11.4. The Kier molecular flexibility index (Phi) is 5.47. The number of rotatable bonds is 4. The summed E-state index contributed by atoms with van der Waals surface area (Å²) in [6.07, 6.45) is 0. The number of hydrogen-bond acceptors (Lipinski definition) is 3. The van der Waals surface area contributed by atoms with Crippen LogP contribution in [0, 0.1) is 0 Å². The van der Waals surface area contributed by atoms with Gasteiger partial charge in [-0.25, -0.2) is 0 Å². The van der Waals surface area contributed by atoms with Crippen molar-refractivity contribution in [3.8, 4) is 5.75 Å². The average Bonchev–Trinajstić information content (AvgIpc) is 2.22. The third kappa shape index (κ3) is 5.68. The second-order valence-electron chi connectivity index (χ2n) is 5.30. The average molecular weight is 305 g/mol. The van der Waals surface area contributed by atoms with E-state index in [4.69, 9.17) is 23.2 Å². The van der Waals surface area contributed by atoms with E-state index in [-0.39, 0.29) is 28.8 Å². The number of carbonyl (C=O) groups is 1. The van der Waals surface area contributed by atoms with E-state index in [1.165, 1.54) is 6.07 Å². The summed E-state index contributed by atoms with van der Waals surface area (Å²) in [7, 11) is 0. The van der Waals surface area contributed by atoms with E-state index in [1.807, 2.05) is 20.8 Å². The van der Waals surface area contributed by atoms with Crippen molar-refractivity contribution in [2.45, 2.75) is 32.9 Å². The second-order valence-corrected chi connectivity index (χ2v) is 6.14. The van der Waals surface area contributed by atoms with E-state index in [2.05, 4.69) is 10.6 Å². The topological polar surface area (TPSA) is 61.4 Å². The second kappa shape index (κ2) is 6.46. The van der Waals surface area contributed by atoms with Crippen molar-refractivity contribution < 1.29 is 9.90 Å². The quantitative estimate of drug-likeness (QED) is 0.801. The maximum Gasteiger partial charge on any atom is 0.234 e. The van der Waals surface area contributed by atoms with Crippen molar-refractivity contribution in [2.24, 2.45) is 0 Å². The molecule has 4 nitrogen and oxygen atoms in total. The van der Waals surface area contributed by atoms with Gasteiger partial charge in [-0.05, 0) is 32.9 Å². The number of hydrogen-bond donors (Lipinski definition) is 3. The summed E-state index contributed by atoms with van der Waals surface area (Å²) in [4.78, 5) is 11.6. The summed E-state index contributed by atoms with van der Waals surface area (Å²) in [6, 6.07) is 3.08. The van der Waals surface area contributed by atoms with E-state index in [0.29, 0.717) is 17.1 Å². The monoisotopic (exact) mass is 304 g/mol. The van der Waals surface area contributed by atoms with Crippen LogP contribution < -0.4 is 10.6 Å². The molecule has 0 aliphatic carbocycles. The van der Waals surface area contributed by atoms with Crippen molar-refractivity contribution in [3.63, 3.8) is 0 Å². The summed E-state index contributed by atoms with van der Waals surface area (Å²) in [5.74, 6) is -0.130. The Labute approximate surface area is 123 Å². The van der Waals surface area contributed by atoms with E-state index < -0.39 is 0 Å². The van der Waals surface area contributed by atoms with Gasteiger partial charge in [-0.2, -0.15) is 0 Å². The Bertz CT molecular complexity index is 470. The number of halogens is 2. The number of amides is 1. The molecular formula is C13H18Cl2N2O2. The highest BCUT2D eigenvalue weighted by atomic mass is 35.5. The summed E-state index contributed by atoms with van der Waals surface area (Å²) >= 11 is 11.7. The van der Waals surface area contributed by atoms with Crippen molar-refractivity contribution >= 4 is 29.1 Å². The molecule has 0 atom stereocenters. The first kappa shape index (κ1) is 16.1. The molecule has 0 aliphatic heterocycles. The fourth-order valence-electron chi connectivity index (χ4n) is 1.53. The van der Waals surface area contributed by atoms with Gasteiger partial charge in [0.1, 0.15) is 5.75 Å². The fourth-order valence-corrected chi connectivity index (χ4v) is 2.06. The summed E-state index contributed by atoms with van der Waals surface area (Å²) in [5, 5.41) is 16.1. The van der Waals surface area contributed by atoms with E-state index in [9.17, 15) is 9.90 Å². The molecule has 0 fully saturated rings. The molecule has 0 saturated heterocycles. The fraction of sp³-hybridized carbons (Fsp3) is 0.462. The van der Waals surface area contributed by atoms with Crippen LogP contribution in [0.4, 0.5) is 0 Å². The molecule has 106 valence electrons. The minimum absolute atomic E-state index is 0.0187. The van der Waals surface area contributed by atoms with Crippen LogP contribution in [0.1, 0.15) is 26.3 Å². The van der Waals surface area contributed by atoms with Gasteiger partial charge in [-0.15, -0.1) is 0 Å². The lowest BCUT2D eigenvalue weighted by Crippen LogP contribution is -2.44. The standard InChI is InChI=1S/C13H18Cl2N2O2/c1-13(2,3)17-11(18)7-16-6-8-4-9(14)5-10(15)12(8)19/h4-5,16,19H,6-7H2,1-3H3,(H,17,18). The molecule has 1 rings (SSSR count). The van der Waals surface area contributed by atoms with Gasteiger partial charge in [0, 0.05) is 22.7 Å². The van der Waals surface area contributed by atoms with Crippen molar-refractivity contribution in [1.29, 1.82) is 0 Å². The Morgan fingerprint density at radius 2 is 1.95 bits per heavy atom. The largest absolute Gasteiger partial charge is 0.506 e. The summed E-state index contributed by atoms with van der Waals surface area (Å²) in [6.45, 7) is 6.19. The molecule has 19 heavy (non-hydrogen) atoms. The minimum Gasteiger partial charge on any atom is -0.506 e. The van der Waals surface area contributed by atoms with Gasteiger partial charge in [0.15, 0.2) is 0 Å². The zero-order chi connectivity index (χ0) is 14.6. The maximum atomic E-state index is 11.6. The third-order valence-corrected chi connectivity index (χ3v) is 2.73. The molecule has 0 aromatic heterocycles. The maximum absolute atomic E-state index is 11.6. The Balaban J connectivity index is 2.52. The van der Waals surface area contributed by atoms with Crippen LogP contribution in [0.15, 0.2) is 12.1 Å². The van der Waals surface area contributed by atoms with Gasteiger partial charge >= 0.3 is 0 Å². The van der Waals surface area contributed by atoms with Crippen LogP contribution in [0.25, 0.3) is 0 Å². The van der Waals surface area contributed by atoms with E-state index >= 15 is 0 Å². The molecule has 1 amide bonds. The van der Waals surface area contributed by atoms with Crippen LogP contribution >= 0.6 is 23.2 Å². The molecule has 0 saturated carbocycles. The summed E-state index contributed by atoms with van der Waals surface area (Å²) < 4.78 is 0. The predicted octanol–water partition coefficient (Wildman–Crippen LogP) is 2.70. The molecule has 1 aromatic rings. The molecule has 0 aliphatic rings. The number of phenols is 1. The first-order chi connectivity index (χ1) is 8.69. The Morgan fingerprint density at radius 3 is 2.53 bits per heavy atom.